The van der Waals surface area contributed by atoms with Crippen molar-refractivity contribution < 1.29 is 14.6 Å². The molecule has 2 aliphatic heterocycles. The molecule has 2 saturated heterocycles. The molecule has 7 heteroatoms. The van der Waals surface area contributed by atoms with E-state index < -0.39 is 0 Å². The number of piperidine rings is 1. The number of fused-ring (bicyclic) bond motifs is 2. The predicted molar refractivity (Wildman–Crippen MR) is 106 cm³/mol. The molecule has 3 N–H and O–H groups in total. The zero-order valence-electron chi connectivity index (χ0n) is 15.8. The van der Waals surface area contributed by atoms with Crippen LogP contribution in [0.2, 0.25) is 0 Å². The van der Waals surface area contributed by atoms with Crippen molar-refractivity contribution in [2.75, 3.05) is 7.05 Å². The van der Waals surface area contributed by atoms with Gasteiger partial charge in [0.1, 0.15) is 11.9 Å². The first-order valence-electron chi connectivity index (χ1n) is 9.60. The zero-order valence-corrected chi connectivity index (χ0v) is 15.8. The van der Waals surface area contributed by atoms with Gasteiger partial charge in [0.05, 0.1) is 5.69 Å². The highest BCUT2D eigenvalue weighted by Crippen LogP contribution is 2.31. The molecule has 0 saturated carbocycles. The minimum absolute atomic E-state index is 0.0805. The van der Waals surface area contributed by atoms with Crippen LogP contribution in [0.1, 0.15) is 31.2 Å². The molecule has 2 fully saturated rings. The number of carbonyl (C=O) groups excluding carboxylic acids is 1. The van der Waals surface area contributed by atoms with Crippen LogP contribution in [0.3, 0.4) is 0 Å². The minimum atomic E-state index is -0.202. The van der Waals surface area contributed by atoms with Gasteiger partial charge in [-0.15, -0.1) is 10.2 Å². The lowest BCUT2D eigenvalue weighted by atomic mass is 10.0. The van der Waals surface area contributed by atoms with Crippen molar-refractivity contribution in [2.24, 2.45) is 0 Å². The molecule has 0 aliphatic carbocycles. The Morgan fingerprint density at radius 3 is 2.64 bits per heavy atom. The molecule has 4 rings (SSSR count). The van der Waals surface area contributed by atoms with Crippen molar-refractivity contribution in [2.45, 2.75) is 43.9 Å². The quantitative estimate of drug-likeness (QED) is 0.689. The SMILES string of the molecule is CNC(=O)/C=C/c1ccc(-c2ccc(O[C@@H]3C[C@H]4CC[C@@H](C3)N4)nn2)c(O)c1. The van der Waals surface area contributed by atoms with Crippen molar-refractivity contribution in [1.29, 1.82) is 0 Å². The van der Waals surface area contributed by atoms with E-state index in [4.69, 9.17) is 4.74 Å². The maximum absolute atomic E-state index is 11.3. The van der Waals surface area contributed by atoms with Gasteiger partial charge in [-0.2, -0.15) is 0 Å². The first-order valence-corrected chi connectivity index (χ1v) is 9.60. The summed E-state index contributed by atoms with van der Waals surface area (Å²) in [6.45, 7) is 0. The molecule has 146 valence electrons. The Labute approximate surface area is 163 Å². The number of ether oxygens (including phenoxy) is 1. The largest absolute Gasteiger partial charge is 0.507 e. The fourth-order valence-corrected chi connectivity index (χ4v) is 3.92. The number of hydrogen-bond acceptors (Lipinski definition) is 6. The van der Waals surface area contributed by atoms with Crippen LogP contribution in [-0.4, -0.2) is 46.4 Å². The average Bonchev–Trinajstić information content (AvgIpc) is 3.05. The Morgan fingerprint density at radius 1 is 1.21 bits per heavy atom. The van der Waals surface area contributed by atoms with E-state index >= 15 is 0 Å². The van der Waals surface area contributed by atoms with Gasteiger partial charge in [-0.1, -0.05) is 6.07 Å². The molecule has 0 unspecified atom stereocenters. The minimum Gasteiger partial charge on any atom is -0.507 e. The van der Waals surface area contributed by atoms with Crippen molar-refractivity contribution >= 4 is 12.0 Å². The maximum Gasteiger partial charge on any atom is 0.243 e. The van der Waals surface area contributed by atoms with Crippen molar-refractivity contribution in [3.63, 3.8) is 0 Å². The molecule has 7 nitrogen and oxygen atoms in total. The number of rotatable bonds is 5. The molecule has 2 bridgehead atoms. The Balaban J connectivity index is 1.43. The maximum atomic E-state index is 11.3. The summed E-state index contributed by atoms with van der Waals surface area (Å²) < 4.78 is 6.02. The number of hydrogen-bond donors (Lipinski definition) is 3. The number of aromatic hydroxyl groups is 1. The number of nitrogens with one attached hydrogen (secondary N) is 2. The monoisotopic (exact) mass is 380 g/mol. The highest BCUT2D eigenvalue weighted by Gasteiger charge is 2.34. The van der Waals surface area contributed by atoms with Crippen LogP contribution in [0, 0.1) is 0 Å². The van der Waals surface area contributed by atoms with Crippen LogP contribution in [-0.2, 0) is 4.79 Å². The number of phenolic OH excluding ortho intramolecular Hbond substituents is 1. The topological polar surface area (TPSA) is 96.4 Å². The van der Waals surface area contributed by atoms with Gasteiger partial charge in [0.15, 0.2) is 0 Å². The molecule has 1 aromatic carbocycles. The lowest BCUT2D eigenvalue weighted by Crippen LogP contribution is -2.42. The molecule has 0 spiro atoms. The zero-order chi connectivity index (χ0) is 19.5. The van der Waals surface area contributed by atoms with Gasteiger partial charge < -0.3 is 20.5 Å². The fourth-order valence-electron chi connectivity index (χ4n) is 3.92. The summed E-state index contributed by atoms with van der Waals surface area (Å²) in [4.78, 5) is 11.3. The Morgan fingerprint density at radius 2 is 2.00 bits per heavy atom. The third-order valence-electron chi connectivity index (χ3n) is 5.33. The Bertz CT molecular complexity index is 870. The van der Waals surface area contributed by atoms with Crippen LogP contribution < -0.4 is 15.4 Å². The first-order chi connectivity index (χ1) is 13.6. The van der Waals surface area contributed by atoms with E-state index in [0.717, 1.165) is 18.4 Å². The molecule has 28 heavy (non-hydrogen) atoms. The molecule has 3 atom stereocenters. The molecule has 0 radical (unpaired) electrons. The van der Waals surface area contributed by atoms with Gasteiger partial charge in [0.25, 0.3) is 0 Å². The lowest BCUT2D eigenvalue weighted by Gasteiger charge is -2.28. The fraction of sp³-hybridized carbons (Fsp3) is 0.381. The van der Waals surface area contributed by atoms with Crippen molar-refractivity contribution in [3.8, 4) is 22.9 Å². The first kappa shape index (κ1) is 18.4. The highest BCUT2D eigenvalue weighted by molar-refractivity contribution is 5.91. The van der Waals surface area contributed by atoms with Gasteiger partial charge in [0.2, 0.25) is 11.8 Å². The number of aromatic nitrogens is 2. The number of phenols is 1. The third-order valence-corrected chi connectivity index (χ3v) is 5.33. The molecule has 3 heterocycles. The van der Waals surface area contributed by atoms with Gasteiger partial charge in [-0.3, -0.25) is 4.79 Å². The van der Waals surface area contributed by atoms with E-state index in [2.05, 4.69) is 20.8 Å². The van der Waals surface area contributed by atoms with Crippen LogP contribution in [0.15, 0.2) is 36.4 Å². The Hall–Kier alpha value is -2.93. The predicted octanol–water partition coefficient (Wildman–Crippen LogP) is 2.27. The van der Waals surface area contributed by atoms with Gasteiger partial charge in [-0.05, 0) is 55.5 Å². The second kappa shape index (κ2) is 7.98. The molecule has 1 aromatic heterocycles. The smallest absolute Gasteiger partial charge is 0.243 e. The van der Waals surface area contributed by atoms with Crippen LogP contribution in [0.4, 0.5) is 0 Å². The highest BCUT2D eigenvalue weighted by atomic mass is 16.5. The summed E-state index contributed by atoms with van der Waals surface area (Å²) in [7, 11) is 1.56. The van der Waals surface area contributed by atoms with Gasteiger partial charge in [-0.25, -0.2) is 0 Å². The third kappa shape index (κ3) is 4.14. The molecule has 2 aliphatic rings. The standard InChI is InChI=1S/C21H24N4O3/c1-22-20(27)8-3-13-2-6-17(19(26)10-13)18-7-9-21(25-24-18)28-16-11-14-4-5-15(12-16)23-14/h2-3,6-10,14-16,23,26H,4-5,11-12H2,1H3,(H,22,27)/b8-3+/t14-,15+,16-. The van der Waals surface area contributed by atoms with Crippen LogP contribution in [0.25, 0.3) is 17.3 Å². The van der Waals surface area contributed by atoms with E-state index in [-0.39, 0.29) is 17.8 Å². The van der Waals surface area contributed by atoms with E-state index in [1.165, 1.54) is 18.9 Å². The average molecular weight is 380 g/mol. The van der Waals surface area contributed by atoms with Crippen molar-refractivity contribution in [1.82, 2.24) is 20.8 Å². The second-order valence-corrected chi connectivity index (χ2v) is 7.33. The van der Waals surface area contributed by atoms with Crippen LogP contribution >= 0.6 is 0 Å². The molecule has 2 aromatic rings. The van der Waals surface area contributed by atoms with E-state index in [0.29, 0.717) is 29.2 Å². The Kier molecular flexibility index (Phi) is 5.25. The van der Waals surface area contributed by atoms with Crippen molar-refractivity contribution in [3.05, 3.63) is 42.0 Å². The molecular weight excluding hydrogens is 356 g/mol. The van der Waals surface area contributed by atoms with E-state index in [9.17, 15) is 9.90 Å². The van der Waals surface area contributed by atoms with E-state index in [1.807, 2.05) is 6.07 Å². The molecule has 1 amide bonds. The van der Waals surface area contributed by atoms with Gasteiger partial charge >= 0.3 is 0 Å². The number of benzene rings is 1. The van der Waals surface area contributed by atoms with Crippen LogP contribution in [0.5, 0.6) is 11.6 Å². The summed E-state index contributed by atoms with van der Waals surface area (Å²) >= 11 is 0. The molecular formula is C21H24N4O3. The summed E-state index contributed by atoms with van der Waals surface area (Å²) in [5, 5.41) is 24.8. The van der Waals surface area contributed by atoms with Gasteiger partial charge in [0, 0.05) is 36.8 Å². The number of nitrogens with zero attached hydrogens (tertiary/aromatic N) is 2. The summed E-state index contributed by atoms with van der Waals surface area (Å²) in [6.07, 6.45) is 7.69. The number of carbonyl (C=O) groups is 1. The summed E-state index contributed by atoms with van der Waals surface area (Å²) in [5.41, 5.74) is 1.87. The van der Waals surface area contributed by atoms with E-state index in [1.54, 1.807) is 37.4 Å². The normalized spacial score (nSPS) is 23.7. The second-order valence-electron chi connectivity index (χ2n) is 7.33. The summed E-state index contributed by atoms with van der Waals surface area (Å²) in [5.74, 6) is 0.392. The summed E-state index contributed by atoms with van der Waals surface area (Å²) in [6, 6.07) is 9.87. The number of likely N-dealkylation sites (N-methyl/N-ethyl adjacent to an activating group) is 1. The lowest BCUT2D eigenvalue weighted by molar-refractivity contribution is -0.115. The number of amides is 1.